The number of nitrogens with zero attached hydrogens (tertiary/aromatic N) is 1. The summed E-state index contributed by atoms with van der Waals surface area (Å²) in [7, 11) is 0. The summed E-state index contributed by atoms with van der Waals surface area (Å²) in [5.41, 5.74) is 6.96. The number of hydrogen-bond donors (Lipinski definition) is 1. The fourth-order valence-electron chi connectivity index (χ4n) is 2.11. The van der Waals surface area contributed by atoms with Crippen molar-refractivity contribution in [2.45, 2.75) is 52.1 Å². The van der Waals surface area contributed by atoms with Gasteiger partial charge in [-0.15, -0.1) is 0 Å². The summed E-state index contributed by atoms with van der Waals surface area (Å²) in [5.74, 6) is 0.122. The van der Waals surface area contributed by atoms with Gasteiger partial charge in [0.15, 0.2) is 0 Å². The second-order valence-electron chi connectivity index (χ2n) is 4.68. The van der Waals surface area contributed by atoms with Crippen molar-refractivity contribution in [3.05, 3.63) is 11.6 Å². The molecule has 0 spiro atoms. The Balaban J connectivity index is 2.72. The van der Waals surface area contributed by atoms with Crippen LogP contribution < -0.4 is 5.73 Å². The molecule has 0 aromatic carbocycles. The summed E-state index contributed by atoms with van der Waals surface area (Å²) >= 11 is 0. The molecule has 3 heteroatoms. The summed E-state index contributed by atoms with van der Waals surface area (Å²) in [6.07, 6.45) is 5.04. The molecule has 1 heterocycles. The molecular formula is C12H22N2O. The highest BCUT2D eigenvalue weighted by Gasteiger charge is 2.27. The van der Waals surface area contributed by atoms with Crippen LogP contribution in [0.3, 0.4) is 0 Å². The highest BCUT2D eigenvalue weighted by atomic mass is 16.2. The molecule has 0 saturated carbocycles. The molecule has 0 aromatic heterocycles. The highest BCUT2D eigenvalue weighted by Crippen LogP contribution is 2.19. The van der Waals surface area contributed by atoms with Crippen LogP contribution in [0.2, 0.25) is 0 Å². The van der Waals surface area contributed by atoms with Crippen molar-refractivity contribution in [1.82, 2.24) is 4.90 Å². The molecule has 1 amide bonds. The Hall–Kier alpha value is -0.830. The van der Waals surface area contributed by atoms with Gasteiger partial charge in [0.25, 0.3) is 0 Å². The van der Waals surface area contributed by atoms with Gasteiger partial charge in [0.05, 0.1) is 0 Å². The number of nitrogens with two attached hydrogens (primary N) is 1. The first-order chi connectivity index (χ1) is 7.02. The van der Waals surface area contributed by atoms with Crippen LogP contribution in [0.1, 0.15) is 40.0 Å². The third-order valence-corrected chi connectivity index (χ3v) is 2.85. The summed E-state index contributed by atoms with van der Waals surface area (Å²) < 4.78 is 0. The van der Waals surface area contributed by atoms with Crippen LogP contribution in [-0.4, -0.2) is 29.4 Å². The van der Waals surface area contributed by atoms with Crippen LogP contribution in [-0.2, 0) is 4.79 Å². The Morgan fingerprint density at radius 1 is 1.47 bits per heavy atom. The lowest BCUT2D eigenvalue weighted by atomic mass is 9.97. The van der Waals surface area contributed by atoms with Crippen molar-refractivity contribution in [3.63, 3.8) is 0 Å². The minimum Gasteiger partial charge on any atom is -0.335 e. The molecule has 2 atom stereocenters. The average molecular weight is 210 g/mol. The fraction of sp³-hybridized carbons (Fsp3) is 0.750. The summed E-state index contributed by atoms with van der Waals surface area (Å²) in [4.78, 5) is 13.8. The molecule has 0 bridgehead atoms. The monoisotopic (exact) mass is 210 g/mol. The van der Waals surface area contributed by atoms with Crippen LogP contribution in [0.4, 0.5) is 0 Å². The van der Waals surface area contributed by atoms with E-state index in [0.717, 1.165) is 25.0 Å². The van der Waals surface area contributed by atoms with Gasteiger partial charge in [-0.25, -0.2) is 0 Å². The van der Waals surface area contributed by atoms with E-state index < -0.39 is 0 Å². The average Bonchev–Trinajstić information content (AvgIpc) is 2.16. The molecule has 1 saturated heterocycles. The number of carbonyl (C=O) groups excluding carboxylic acids is 1. The largest absolute Gasteiger partial charge is 0.335 e. The number of hydrogen-bond acceptors (Lipinski definition) is 2. The molecule has 0 aromatic rings. The Morgan fingerprint density at radius 3 is 2.67 bits per heavy atom. The maximum atomic E-state index is 11.9. The summed E-state index contributed by atoms with van der Waals surface area (Å²) in [6, 6.07) is 0.293. The van der Waals surface area contributed by atoms with E-state index in [1.165, 1.54) is 6.42 Å². The highest BCUT2D eigenvalue weighted by molar-refractivity contribution is 5.88. The molecule has 15 heavy (non-hydrogen) atoms. The molecule has 3 nitrogen and oxygen atoms in total. The smallest absolute Gasteiger partial charge is 0.246 e. The quantitative estimate of drug-likeness (QED) is 0.705. The molecule has 0 radical (unpaired) electrons. The van der Waals surface area contributed by atoms with Crippen molar-refractivity contribution in [2.24, 2.45) is 5.73 Å². The topological polar surface area (TPSA) is 46.3 Å². The van der Waals surface area contributed by atoms with Gasteiger partial charge >= 0.3 is 0 Å². The van der Waals surface area contributed by atoms with E-state index in [4.69, 9.17) is 5.73 Å². The van der Waals surface area contributed by atoms with E-state index in [1.807, 2.05) is 25.7 Å². The molecule has 1 aliphatic heterocycles. The van der Waals surface area contributed by atoms with Gasteiger partial charge in [-0.3, -0.25) is 4.79 Å². The lowest BCUT2D eigenvalue weighted by Gasteiger charge is -2.37. The van der Waals surface area contributed by atoms with Crippen molar-refractivity contribution in [3.8, 4) is 0 Å². The van der Waals surface area contributed by atoms with Crippen molar-refractivity contribution < 1.29 is 4.79 Å². The van der Waals surface area contributed by atoms with E-state index >= 15 is 0 Å². The predicted octanol–water partition coefficient (Wildman–Crippen LogP) is 1.68. The molecule has 2 unspecified atom stereocenters. The standard InChI is InChI=1S/C12H22N2O/c1-9(2)8-12(15)14-7-5-4-6-11(14)10(3)13/h8,10-11H,4-7,13H2,1-3H3. The maximum absolute atomic E-state index is 11.9. The van der Waals surface area contributed by atoms with Gasteiger partial charge in [-0.05, 0) is 40.0 Å². The predicted molar refractivity (Wildman–Crippen MR) is 62.4 cm³/mol. The molecule has 2 N–H and O–H groups in total. The first-order valence-corrected chi connectivity index (χ1v) is 5.73. The second kappa shape index (κ2) is 5.31. The Bertz CT molecular complexity index is 254. The second-order valence-corrected chi connectivity index (χ2v) is 4.68. The minimum atomic E-state index is 0.0693. The van der Waals surface area contributed by atoms with E-state index in [0.29, 0.717) is 0 Å². The number of piperidine rings is 1. The van der Waals surface area contributed by atoms with Crippen molar-refractivity contribution in [1.29, 1.82) is 0 Å². The van der Waals surface area contributed by atoms with Gasteiger partial charge in [0, 0.05) is 24.7 Å². The van der Waals surface area contributed by atoms with Gasteiger partial charge in [0.1, 0.15) is 0 Å². The zero-order valence-corrected chi connectivity index (χ0v) is 9.99. The lowest BCUT2D eigenvalue weighted by Crippen LogP contribution is -2.51. The normalized spacial score (nSPS) is 23.5. The maximum Gasteiger partial charge on any atom is 0.246 e. The molecule has 86 valence electrons. The lowest BCUT2D eigenvalue weighted by molar-refractivity contribution is -0.130. The fourth-order valence-corrected chi connectivity index (χ4v) is 2.11. The van der Waals surface area contributed by atoms with Crippen LogP contribution in [0.5, 0.6) is 0 Å². The van der Waals surface area contributed by atoms with Gasteiger partial charge in [-0.2, -0.15) is 0 Å². The molecular weight excluding hydrogens is 188 g/mol. The minimum absolute atomic E-state index is 0.0693. The first kappa shape index (κ1) is 12.2. The third kappa shape index (κ3) is 3.34. The zero-order valence-electron chi connectivity index (χ0n) is 9.99. The number of amides is 1. The summed E-state index contributed by atoms with van der Waals surface area (Å²) in [6.45, 7) is 6.74. The van der Waals surface area contributed by atoms with Crippen LogP contribution in [0.25, 0.3) is 0 Å². The molecule has 1 fully saturated rings. The van der Waals surface area contributed by atoms with E-state index in [2.05, 4.69) is 0 Å². The van der Waals surface area contributed by atoms with Crippen molar-refractivity contribution in [2.75, 3.05) is 6.54 Å². The van der Waals surface area contributed by atoms with Crippen molar-refractivity contribution >= 4 is 5.91 Å². The zero-order chi connectivity index (χ0) is 11.4. The number of rotatable bonds is 2. The molecule has 1 aliphatic rings. The van der Waals surface area contributed by atoms with Gasteiger partial charge in [0.2, 0.25) is 5.91 Å². The Morgan fingerprint density at radius 2 is 2.13 bits per heavy atom. The van der Waals surface area contributed by atoms with Crippen LogP contribution >= 0.6 is 0 Å². The number of allylic oxidation sites excluding steroid dienone is 1. The SMILES string of the molecule is CC(C)=CC(=O)N1CCCCC1C(C)N. The summed E-state index contributed by atoms with van der Waals surface area (Å²) in [5, 5.41) is 0. The van der Waals surface area contributed by atoms with E-state index in [1.54, 1.807) is 6.08 Å². The van der Waals surface area contributed by atoms with E-state index in [-0.39, 0.29) is 18.0 Å². The Kier molecular flexibility index (Phi) is 4.33. The Labute approximate surface area is 92.3 Å². The third-order valence-electron chi connectivity index (χ3n) is 2.85. The number of carbonyl (C=O) groups is 1. The van der Waals surface area contributed by atoms with Gasteiger partial charge in [-0.1, -0.05) is 5.57 Å². The molecule has 0 aliphatic carbocycles. The molecule has 1 rings (SSSR count). The van der Waals surface area contributed by atoms with E-state index in [9.17, 15) is 4.79 Å². The first-order valence-electron chi connectivity index (χ1n) is 5.73. The van der Waals surface area contributed by atoms with Gasteiger partial charge < -0.3 is 10.6 Å². The van der Waals surface area contributed by atoms with Crippen LogP contribution in [0.15, 0.2) is 11.6 Å². The number of likely N-dealkylation sites (tertiary alicyclic amines) is 1. The van der Waals surface area contributed by atoms with Crippen LogP contribution in [0, 0.1) is 0 Å².